The Bertz CT molecular complexity index is 442. The van der Waals surface area contributed by atoms with Crippen LogP contribution in [0, 0.1) is 0 Å². The fourth-order valence-corrected chi connectivity index (χ4v) is 1.69. The number of hydrogen-bond donors (Lipinski definition) is 1. The van der Waals surface area contributed by atoms with Crippen molar-refractivity contribution in [3.63, 3.8) is 0 Å². The molecule has 110 valence electrons. The Hall–Kier alpha value is -2.04. The van der Waals surface area contributed by atoms with Crippen molar-refractivity contribution >= 4 is 11.9 Å². The predicted molar refractivity (Wildman–Crippen MR) is 74.0 cm³/mol. The summed E-state index contributed by atoms with van der Waals surface area (Å²) in [5.41, 5.74) is 0.213. The van der Waals surface area contributed by atoms with E-state index in [4.69, 9.17) is 14.6 Å². The second-order valence-electron chi connectivity index (χ2n) is 4.30. The van der Waals surface area contributed by atoms with Gasteiger partial charge in [-0.15, -0.1) is 0 Å². The van der Waals surface area contributed by atoms with Gasteiger partial charge in [-0.25, -0.2) is 4.79 Å². The number of aromatic carboxylic acids is 1. The zero-order valence-electron chi connectivity index (χ0n) is 11.6. The zero-order chi connectivity index (χ0) is 14.8. The molecule has 0 amide bonds. The minimum absolute atomic E-state index is 0.164. The van der Waals surface area contributed by atoms with Crippen LogP contribution in [-0.2, 0) is 9.53 Å². The molecule has 0 saturated carbocycles. The first kappa shape index (κ1) is 16.0. The van der Waals surface area contributed by atoms with Crippen LogP contribution in [0.1, 0.15) is 43.0 Å². The maximum Gasteiger partial charge on any atom is 0.335 e. The highest BCUT2D eigenvalue weighted by molar-refractivity contribution is 5.87. The van der Waals surface area contributed by atoms with Gasteiger partial charge in [-0.1, -0.05) is 6.07 Å². The number of benzene rings is 1. The van der Waals surface area contributed by atoms with Crippen molar-refractivity contribution in [1.82, 2.24) is 0 Å². The molecule has 1 aromatic carbocycles. The first-order chi connectivity index (χ1) is 9.63. The van der Waals surface area contributed by atoms with Gasteiger partial charge < -0.3 is 14.6 Å². The lowest BCUT2D eigenvalue weighted by atomic mass is 10.2. The molecule has 0 aromatic heterocycles. The average molecular weight is 280 g/mol. The number of esters is 1. The second kappa shape index (κ2) is 8.96. The van der Waals surface area contributed by atoms with Crippen LogP contribution < -0.4 is 4.74 Å². The van der Waals surface area contributed by atoms with E-state index in [9.17, 15) is 9.59 Å². The van der Waals surface area contributed by atoms with Crippen LogP contribution in [0.3, 0.4) is 0 Å². The summed E-state index contributed by atoms with van der Waals surface area (Å²) in [4.78, 5) is 21.9. The van der Waals surface area contributed by atoms with Crippen molar-refractivity contribution in [2.45, 2.75) is 32.6 Å². The third-order valence-electron chi connectivity index (χ3n) is 2.68. The quantitative estimate of drug-likeness (QED) is 0.556. The van der Waals surface area contributed by atoms with Crippen molar-refractivity contribution in [1.29, 1.82) is 0 Å². The standard InChI is InChI=1S/C15H20O5/c1-2-19-14(16)9-4-3-5-10-20-13-8-6-7-12(11-13)15(17)18/h6-8,11H,2-5,9-10H2,1H3,(H,17,18). The monoisotopic (exact) mass is 280 g/mol. The largest absolute Gasteiger partial charge is 0.494 e. The van der Waals surface area contributed by atoms with Crippen molar-refractivity contribution in [2.75, 3.05) is 13.2 Å². The minimum atomic E-state index is -0.968. The van der Waals surface area contributed by atoms with E-state index in [2.05, 4.69) is 0 Å². The molecular weight excluding hydrogens is 260 g/mol. The van der Waals surface area contributed by atoms with Crippen LogP contribution in [0.4, 0.5) is 0 Å². The molecule has 0 aliphatic heterocycles. The number of rotatable bonds is 9. The minimum Gasteiger partial charge on any atom is -0.494 e. The average Bonchev–Trinajstić information content (AvgIpc) is 2.43. The highest BCUT2D eigenvalue weighted by Gasteiger charge is 2.04. The highest BCUT2D eigenvalue weighted by Crippen LogP contribution is 2.14. The molecule has 0 atom stereocenters. The second-order valence-corrected chi connectivity index (χ2v) is 4.30. The van der Waals surface area contributed by atoms with Crippen LogP contribution in [-0.4, -0.2) is 30.3 Å². The third kappa shape index (κ3) is 6.22. The number of ether oxygens (including phenoxy) is 2. The van der Waals surface area contributed by atoms with Gasteiger partial charge >= 0.3 is 11.9 Å². The maximum absolute atomic E-state index is 11.1. The van der Waals surface area contributed by atoms with Crippen LogP contribution in [0.25, 0.3) is 0 Å². The number of unbranched alkanes of at least 4 members (excludes halogenated alkanes) is 2. The Morgan fingerprint density at radius 3 is 2.70 bits per heavy atom. The maximum atomic E-state index is 11.1. The molecular formula is C15H20O5. The molecule has 1 aromatic rings. The summed E-state index contributed by atoms with van der Waals surface area (Å²) in [7, 11) is 0. The van der Waals surface area contributed by atoms with E-state index in [-0.39, 0.29) is 11.5 Å². The van der Waals surface area contributed by atoms with E-state index in [0.717, 1.165) is 19.3 Å². The SMILES string of the molecule is CCOC(=O)CCCCCOc1cccc(C(=O)O)c1. The lowest BCUT2D eigenvalue weighted by Crippen LogP contribution is -2.04. The van der Waals surface area contributed by atoms with Gasteiger partial charge in [0.15, 0.2) is 0 Å². The normalized spacial score (nSPS) is 10.1. The fraction of sp³-hybridized carbons (Fsp3) is 0.467. The number of hydrogen-bond acceptors (Lipinski definition) is 4. The molecule has 20 heavy (non-hydrogen) atoms. The van der Waals surface area contributed by atoms with Crippen molar-refractivity contribution in [3.05, 3.63) is 29.8 Å². The highest BCUT2D eigenvalue weighted by atomic mass is 16.5. The Morgan fingerprint density at radius 2 is 2.00 bits per heavy atom. The first-order valence-electron chi connectivity index (χ1n) is 6.75. The van der Waals surface area contributed by atoms with Gasteiger partial charge in [0.2, 0.25) is 0 Å². The number of carboxylic acids is 1. The van der Waals surface area contributed by atoms with Crippen LogP contribution in [0.5, 0.6) is 5.75 Å². The number of carboxylic acid groups (broad SMARTS) is 1. The number of carbonyl (C=O) groups is 2. The van der Waals surface area contributed by atoms with E-state index in [1.165, 1.54) is 12.1 Å². The molecule has 0 saturated heterocycles. The molecule has 5 heteroatoms. The molecule has 0 fully saturated rings. The van der Waals surface area contributed by atoms with Gasteiger partial charge in [-0.2, -0.15) is 0 Å². The summed E-state index contributed by atoms with van der Waals surface area (Å²) in [6, 6.07) is 6.40. The lowest BCUT2D eigenvalue weighted by molar-refractivity contribution is -0.143. The molecule has 0 aliphatic carbocycles. The van der Waals surface area contributed by atoms with Crippen LogP contribution in [0.2, 0.25) is 0 Å². The van der Waals surface area contributed by atoms with Gasteiger partial charge in [-0.3, -0.25) is 4.79 Å². The molecule has 0 aliphatic rings. The molecule has 0 spiro atoms. The summed E-state index contributed by atoms with van der Waals surface area (Å²) in [6.45, 7) is 2.71. The molecule has 1 N–H and O–H groups in total. The van der Waals surface area contributed by atoms with E-state index in [1.807, 2.05) is 0 Å². The summed E-state index contributed by atoms with van der Waals surface area (Å²) in [5.74, 6) is -0.581. The van der Waals surface area contributed by atoms with E-state index in [0.29, 0.717) is 25.4 Å². The summed E-state index contributed by atoms with van der Waals surface area (Å²) in [6.07, 6.45) is 2.90. The topological polar surface area (TPSA) is 72.8 Å². The Balaban J connectivity index is 2.17. The number of carbonyl (C=O) groups excluding carboxylic acids is 1. The first-order valence-corrected chi connectivity index (χ1v) is 6.75. The van der Waals surface area contributed by atoms with Gasteiger partial charge in [0, 0.05) is 6.42 Å². The molecule has 0 radical (unpaired) electrons. The smallest absolute Gasteiger partial charge is 0.335 e. The molecule has 0 unspecified atom stereocenters. The molecule has 0 bridgehead atoms. The van der Waals surface area contributed by atoms with Gasteiger partial charge in [0.1, 0.15) is 5.75 Å². The lowest BCUT2D eigenvalue weighted by Gasteiger charge is -2.06. The Labute approximate surface area is 118 Å². The summed E-state index contributed by atoms with van der Waals surface area (Å²) >= 11 is 0. The summed E-state index contributed by atoms with van der Waals surface area (Å²) in [5, 5.41) is 8.85. The Kier molecular flexibility index (Phi) is 7.17. The van der Waals surface area contributed by atoms with Crippen LogP contribution in [0.15, 0.2) is 24.3 Å². The van der Waals surface area contributed by atoms with Crippen molar-refractivity contribution < 1.29 is 24.2 Å². The Morgan fingerprint density at radius 1 is 1.20 bits per heavy atom. The van der Waals surface area contributed by atoms with Gasteiger partial charge in [-0.05, 0) is 44.4 Å². The summed E-state index contributed by atoms with van der Waals surface area (Å²) < 4.78 is 10.3. The van der Waals surface area contributed by atoms with E-state index < -0.39 is 5.97 Å². The third-order valence-corrected chi connectivity index (χ3v) is 2.68. The predicted octanol–water partition coefficient (Wildman–Crippen LogP) is 2.89. The van der Waals surface area contributed by atoms with Gasteiger partial charge in [0.05, 0.1) is 18.8 Å². The van der Waals surface area contributed by atoms with Crippen LogP contribution >= 0.6 is 0 Å². The molecule has 0 heterocycles. The zero-order valence-corrected chi connectivity index (χ0v) is 11.6. The molecule has 5 nitrogen and oxygen atoms in total. The molecule has 1 rings (SSSR count). The van der Waals surface area contributed by atoms with Gasteiger partial charge in [0.25, 0.3) is 0 Å². The van der Waals surface area contributed by atoms with Crippen molar-refractivity contribution in [3.8, 4) is 5.75 Å². The van der Waals surface area contributed by atoms with E-state index in [1.54, 1.807) is 19.1 Å². The fourth-order valence-electron chi connectivity index (χ4n) is 1.69. The van der Waals surface area contributed by atoms with Crippen molar-refractivity contribution in [2.24, 2.45) is 0 Å². The van der Waals surface area contributed by atoms with E-state index >= 15 is 0 Å².